The van der Waals surface area contributed by atoms with Crippen LogP contribution in [0.15, 0.2) is 140 Å². The van der Waals surface area contributed by atoms with Crippen LogP contribution >= 0.6 is 0 Å². The van der Waals surface area contributed by atoms with Crippen molar-refractivity contribution in [3.63, 3.8) is 0 Å². The topological polar surface area (TPSA) is 3.24 Å². The minimum absolute atomic E-state index is 0.154. The van der Waals surface area contributed by atoms with Crippen LogP contribution in [0.4, 0.5) is 17.1 Å². The Hall–Kier alpha value is -4.88. The second-order valence-electron chi connectivity index (χ2n) is 19.0. The molecule has 0 aliphatic heterocycles. The summed E-state index contributed by atoms with van der Waals surface area (Å²) in [5.41, 5.74) is 17.7. The molecular weight excluding hydrogens is 675 g/mol. The predicted molar refractivity (Wildman–Crippen MR) is 235 cm³/mol. The molecule has 56 heavy (non-hydrogen) atoms. The smallest absolute Gasteiger partial charge is 0.0543 e. The highest BCUT2D eigenvalue weighted by Gasteiger charge is 2.51. The van der Waals surface area contributed by atoms with Crippen molar-refractivity contribution in [2.75, 3.05) is 4.90 Å². The van der Waals surface area contributed by atoms with Crippen LogP contribution in [-0.4, -0.2) is 0 Å². The van der Waals surface area contributed by atoms with E-state index in [0.717, 1.165) is 17.8 Å². The van der Waals surface area contributed by atoms with E-state index in [9.17, 15) is 0 Å². The number of rotatable bonds is 7. The fraction of sp³-hybridized carbons (Fsp3) is 0.345. The number of benzene rings is 6. The van der Waals surface area contributed by atoms with Crippen molar-refractivity contribution >= 4 is 17.1 Å². The molecule has 0 aromatic heterocycles. The highest BCUT2D eigenvalue weighted by atomic mass is 15.1. The van der Waals surface area contributed by atoms with Crippen LogP contribution in [-0.2, 0) is 10.8 Å². The Kier molecular flexibility index (Phi) is 8.20. The second-order valence-corrected chi connectivity index (χ2v) is 19.0. The fourth-order valence-corrected chi connectivity index (χ4v) is 12.9. The first-order valence-corrected chi connectivity index (χ1v) is 21.9. The number of hydrogen-bond acceptors (Lipinski definition) is 1. The first kappa shape index (κ1) is 34.4. The van der Waals surface area contributed by atoms with Crippen LogP contribution in [0.5, 0.6) is 0 Å². The fourth-order valence-electron chi connectivity index (χ4n) is 12.9. The van der Waals surface area contributed by atoms with Gasteiger partial charge in [0.2, 0.25) is 0 Å². The minimum atomic E-state index is -0.154. The Labute approximate surface area is 334 Å². The van der Waals surface area contributed by atoms with E-state index >= 15 is 0 Å². The molecule has 1 nitrogen and oxygen atoms in total. The molecule has 0 saturated heterocycles. The van der Waals surface area contributed by atoms with Gasteiger partial charge in [-0.25, -0.2) is 0 Å². The summed E-state index contributed by atoms with van der Waals surface area (Å²) in [6.45, 7) is 4.87. The average Bonchev–Trinajstić information content (AvgIpc) is 3.46. The molecule has 0 heterocycles. The van der Waals surface area contributed by atoms with Crippen LogP contribution < -0.4 is 4.90 Å². The van der Waals surface area contributed by atoms with E-state index in [4.69, 9.17) is 0 Å². The Morgan fingerprint density at radius 3 is 1.68 bits per heavy atom. The molecule has 0 N–H and O–H groups in total. The summed E-state index contributed by atoms with van der Waals surface area (Å²) in [5, 5.41) is 0. The maximum Gasteiger partial charge on any atom is 0.0543 e. The van der Waals surface area contributed by atoms with Gasteiger partial charge < -0.3 is 4.90 Å². The third-order valence-electron chi connectivity index (χ3n) is 15.2. The zero-order chi connectivity index (χ0) is 37.4. The molecule has 6 aromatic carbocycles. The first-order chi connectivity index (χ1) is 27.4. The van der Waals surface area contributed by atoms with E-state index in [1.165, 1.54) is 138 Å². The van der Waals surface area contributed by atoms with Crippen molar-refractivity contribution in [1.29, 1.82) is 0 Å². The van der Waals surface area contributed by atoms with Gasteiger partial charge in [-0.05, 0) is 167 Å². The summed E-state index contributed by atoms with van der Waals surface area (Å²) in [7, 11) is 0. The maximum atomic E-state index is 2.59. The summed E-state index contributed by atoms with van der Waals surface area (Å²) >= 11 is 0. The maximum absolute atomic E-state index is 2.59. The third-order valence-corrected chi connectivity index (χ3v) is 15.2. The van der Waals surface area contributed by atoms with Crippen LogP contribution in [0.25, 0.3) is 33.4 Å². The van der Waals surface area contributed by atoms with Crippen molar-refractivity contribution in [2.24, 2.45) is 17.8 Å². The number of nitrogens with zero attached hydrogens (tertiary/aromatic N) is 1. The van der Waals surface area contributed by atoms with Crippen molar-refractivity contribution in [3.8, 4) is 33.4 Å². The van der Waals surface area contributed by atoms with Gasteiger partial charge in [0.1, 0.15) is 0 Å². The van der Waals surface area contributed by atoms with E-state index in [0.29, 0.717) is 11.3 Å². The highest BCUT2D eigenvalue weighted by Crippen LogP contribution is 2.61. The van der Waals surface area contributed by atoms with Gasteiger partial charge in [0.15, 0.2) is 0 Å². The van der Waals surface area contributed by atoms with Crippen LogP contribution in [0.1, 0.15) is 113 Å². The normalized spacial score (nSPS) is 24.5. The molecule has 4 bridgehead atoms. The molecule has 0 amide bonds. The summed E-state index contributed by atoms with van der Waals surface area (Å²) in [4.78, 5) is 2.59. The Morgan fingerprint density at radius 2 is 1.07 bits per heavy atom. The molecule has 1 heteroatoms. The van der Waals surface area contributed by atoms with Crippen molar-refractivity contribution in [1.82, 2.24) is 0 Å². The molecule has 12 rings (SSSR count). The number of anilines is 3. The minimum Gasteiger partial charge on any atom is -0.310 e. The zero-order valence-electron chi connectivity index (χ0n) is 33.3. The SMILES string of the molecule is CC1(C)c2cc(N(c3ccc(C4CCCCC4)cc3)c3ccc(C45CC6CC(CC(C6)C4)C5)cc3)c(-c3ccccc3)cc2-c2c(-c3ccccc3)cccc21. The molecular formula is C55H55N. The molecule has 6 aliphatic carbocycles. The lowest BCUT2D eigenvalue weighted by Crippen LogP contribution is -2.48. The quantitative estimate of drug-likeness (QED) is 0.158. The van der Waals surface area contributed by atoms with Gasteiger partial charge in [-0.1, -0.05) is 136 Å². The molecule has 0 radical (unpaired) electrons. The largest absolute Gasteiger partial charge is 0.310 e. The summed E-state index contributed by atoms with van der Waals surface area (Å²) in [6, 6.07) is 53.9. The van der Waals surface area contributed by atoms with Gasteiger partial charge in [-0.15, -0.1) is 0 Å². The lowest BCUT2D eigenvalue weighted by atomic mass is 9.48. The summed E-state index contributed by atoms with van der Waals surface area (Å²) in [6.07, 6.45) is 15.4. The highest BCUT2D eigenvalue weighted by molar-refractivity contribution is 5.98. The van der Waals surface area contributed by atoms with Crippen LogP contribution in [0.2, 0.25) is 0 Å². The summed E-state index contributed by atoms with van der Waals surface area (Å²) < 4.78 is 0. The molecule has 0 unspecified atom stereocenters. The zero-order valence-corrected chi connectivity index (χ0v) is 33.3. The molecule has 5 saturated carbocycles. The predicted octanol–water partition coefficient (Wildman–Crippen LogP) is 15.3. The Bertz CT molecular complexity index is 2340. The molecule has 280 valence electrons. The van der Waals surface area contributed by atoms with E-state index < -0.39 is 0 Å². The van der Waals surface area contributed by atoms with E-state index in [-0.39, 0.29) is 5.41 Å². The van der Waals surface area contributed by atoms with Crippen LogP contribution in [0.3, 0.4) is 0 Å². The second kappa shape index (κ2) is 13.4. The lowest BCUT2D eigenvalue weighted by molar-refractivity contribution is -0.00518. The van der Waals surface area contributed by atoms with Crippen LogP contribution in [0, 0.1) is 17.8 Å². The molecule has 0 spiro atoms. The first-order valence-electron chi connectivity index (χ1n) is 21.9. The van der Waals surface area contributed by atoms with E-state index in [2.05, 4.69) is 158 Å². The molecule has 6 aromatic rings. The van der Waals surface area contributed by atoms with Gasteiger partial charge >= 0.3 is 0 Å². The Morgan fingerprint density at radius 1 is 0.500 bits per heavy atom. The van der Waals surface area contributed by atoms with E-state index in [1.54, 1.807) is 5.56 Å². The Balaban J connectivity index is 1.09. The van der Waals surface area contributed by atoms with Gasteiger partial charge in [-0.3, -0.25) is 0 Å². The van der Waals surface area contributed by atoms with Gasteiger partial charge in [0.05, 0.1) is 5.69 Å². The third kappa shape index (κ3) is 5.63. The van der Waals surface area contributed by atoms with Crippen molar-refractivity contribution in [2.45, 2.75) is 101 Å². The molecule has 5 fully saturated rings. The summed E-state index contributed by atoms with van der Waals surface area (Å²) in [5.74, 6) is 3.50. The van der Waals surface area contributed by atoms with E-state index in [1.807, 2.05) is 0 Å². The standard InChI is InChI=1S/C55H55N/c1-54(2)50-20-12-19-47(42-15-8-4-9-16-42)53(50)49-32-48(43-17-10-5-11-18-43)52(33-51(49)54)56(45-25-21-41(22-26-45)40-13-6-3-7-14-40)46-27-23-44(24-28-46)55-34-37-29-38(35-55)31-39(30-37)36-55/h4-5,8-12,15-28,32-33,37-40H,3,6-7,13-14,29-31,34-36H2,1-2H3. The average molecular weight is 730 g/mol. The molecule has 0 atom stereocenters. The lowest BCUT2D eigenvalue weighted by Gasteiger charge is -2.57. The van der Waals surface area contributed by atoms with Crippen molar-refractivity contribution in [3.05, 3.63) is 162 Å². The van der Waals surface area contributed by atoms with Crippen molar-refractivity contribution < 1.29 is 0 Å². The number of hydrogen-bond donors (Lipinski definition) is 0. The van der Waals surface area contributed by atoms with Gasteiger partial charge in [0.25, 0.3) is 0 Å². The number of fused-ring (bicyclic) bond motifs is 3. The molecule has 6 aliphatic rings. The monoisotopic (exact) mass is 729 g/mol. The van der Waals surface area contributed by atoms with Gasteiger partial charge in [-0.2, -0.15) is 0 Å². The van der Waals surface area contributed by atoms with Gasteiger partial charge in [0, 0.05) is 22.4 Å².